The summed E-state index contributed by atoms with van der Waals surface area (Å²) in [5.74, 6) is 0.881. The molecule has 2 heterocycles. The maximum absolute atomic E-state index is 11.7. The Balaban J connectivity index is 2.60. The van der Waals surface area contributed by atoms with Crippen LogP contribution in [0.3, 0.4) is 0 Å². The minimum Gasteiger partial charge on any atom is -0.459 e. The number of fused-ring (bicyclic) bond motifs is 1. The van der Waals surface area contributed by atoms with Crippen molar-refractivity contribution in [3.05, 3.63) is 30.3 Å². The van der Waals surface area contributed by atoms with Gasteiger partial charge in [-0.15, -0.1) is 0 Å². The van der Waals surface area contributed by atoms with Crippen LogP contribution in [-0.2, 0) is 10.0 Å². The van der Waals surface area contributed by atoms with Crippen molar-refractivity contribution in [2.75, 3.05) is 6.54 Å². The highest BCUT2D eigenvalue weighted by molar-refractivity contribution is 7.89. The summed E-state index contributed by atoms with van der Waals surface area (Å²) in [4.78, 5) is 3.84. The number of pyridine rings is 1. The summed E-state index contributed by atoms with van der Waals surface area (Å²) in [6.07, 6.45) is 4.49. The maximum Gasteiger partial charge on any atom is 0.246 e. The lowest BCUT2D eigenvalue weighted by atomic mass is 10.4. The zero-order valence-corrected chi connectivity index (χ0v) is 8.91. The molecule has 0 fully saturated rings. The van der Waals surface area contributed by atoms with Gasteiger partial charge in [0.05, 0.1) is 12.7 Å². The zero-order valence-electron chi connectivity index (χ0n) is 8.10. The van der Waals surface area contributed by atoms with E-state index in [0.29, 0.717) is 11.5 Å². The molecule has 0 bridgehead atoms. The first kappa shape index (κ1) is 10.1. The molecule has 0 aromatic carbocycles. The van der Waals surface area contributed by atoms with Gasteiger partial charge >= 0.3 is 0 Å². The van der Waals surface area contributed by atoms with Crippen LogP contribution >= 0.6 is 0 Å². The van der Waals surface area contributed by atoms with Crippen LogP contribution in [-0.4, -0.2) is 19.9 Å². The summed E-state index contributed by atoms with van der Waals surface area (Å²) in [7, 11) is -3.50. The van der Waals surface area contributed by atoms with Gasteiger partial charge in [-0.3, -0.25) is 4.98 Å². The van der Waals surface area contributed by atoms with Crippen molar-refractivity contribution in [2.24, 2.45) is 0 Å². The first-order chi connectivity index (χ1) is 7.13. The van der Waals surface area contributed by atoms with Gasteiger partial charge in [0.1, 0.15) is 16.4 Å². The molecule has 1 N–H and O–H groups in total. The van der Waals surface area contributed by atoms with Crippen LogP contribution in [0.2, 0.25) is 0 Å². The van der Waals surface area contributed by atoms with E-state index in [2.05, 4.69) is 9.71 Å². The first-order valence-corrected chi connectivity index (χ1v) is 5.88. The predicted molar refractivity (Wildman–Crippen MR) is 53.8 cm³/mol. The third-order valence-electron chi connectivity index (χ3n) is 2.04. The predicted octanol–water partition coefficient (Wildman–Crippen LogP) is 0.656. The normalized spacial score (nSPS) is 21.5. The molecule has 2 rings (SSSR count). The van der Waals surface area contributed by atoms with Crippen LogP contribution in [0.4, 0.5) is 0 Å². The minimum atomic E-state index is -3.50. The van der Waals surface area contributed by atoms with Crippen molar-refractivity contribution in [3.8, 4) is 5.75 Å². The number of rotatable bonds is 0. The molecule has 1 aliphatic heterocycles. The number of allylic oxidation sites excluding steroid dienone is 1. The van der Waals surface area contributed by atoms with Crippen LogP contribution in [0.1, 0.15) is 6.92 Å². The second kappa shape index (κ2) is 3.63. The van der Waals surface area contributed by atoms with Gasteiger partial charge in [0.25, 0.3) is 0 Å². The quantitative estimate of drug-likeness (QED) is 0.705. The molecule has 0 aliphatic carbocycles. The van der Waals surface area contributed by atoms with E-state index in [1.807, 2.05) is 0 Å². The molecule has 15 heavy (non-hydrogen) atoms. The maximum atomic E-state index is 11.7. The van der Waals surface area contributed by atoms with Crippen molar-refractivity contribution in [2.45, 2.75) is 11.8 Å². The molecule has 0 radical (unpaired) electrons. The molecule has 0 saturated heterocycles. The lowest BCUT2D eigenvalue weighted by Gasteiger charge is -2.05. The summed E-state index contributed by atoms with van der Waals surface area (Å²) < 4.78 is 31.2. The number of hydrogen-bond donors (Lipinski definition) is 1. The Morgan fingerprint density at radius 1 is 1.60 bits per heavy atom. The molecule has 1 aliphatic rings. The van der Waals surface area contributed by atoms with Gasteiger partial charge in [-0.05, 0) is 13.0 Å². The smallest absolute Gasteiger partial charge is 0.246 e. The third-order valence-corrected chi connectivity index (χ3v) is 3.45. The molecule has 0 unspecified atom stereocenters. The summed E-state index contributed by atoms with van der Waals surface area (Å²) in [5.41, 5.74) is 0. The molecule has 1 aromatic heterocycles. The zero-order chi connectivity index (χ0) is 10.9. The second-order valence-corrected chi connectivity index (χ2v) is 4.74. The molecule has 0 amide bonds. The molecule has 5 nitrogen and oxygen atoms in total. The Labute approximate surface area is 87.8 Å². The molecule has 1 aromatic rings. The van der Waals surface area contributed by atoms with Crippen LogP contribution < -0.4 is 9.46 Å². The largest absolute Gasteiger partial charge is 0.459 e. The van der Waals surface area contributed by atoms with Gasteiger partial charge < -0.3 is 4.74 Å². The molecule has 0 atom stereocenters. The van der Waals surface area contributed by atoms with E-state index in [1.54, 1.807) is 13.0 Å². The average molecular weight is 226 g/mol. The van der Waals surface area contributed by atoms with Crippen molar-refractivity contribution in [3.63, 3.8) is 0 Å². The van der Waals surface area contributed by atoms with Gasteiger partial charge in [-0.25, -0.2) is 13.1 Å². The van der Waals surface area contributed by atoms with E-state index in [0.717, 1.165) is 0 Å². The van der Waals surface area contributed by atoms with E-state index in [-0.39, 0.29) is 11.4 Å². The lowest BCUT2D eigenvalue weighted by molar-refractivity contribution is 0.408. The number of nitrogens with one attached hydrogen (secondary N) is 1. The average Bonchev–Trinajstić information content (AvgIpc) is 2.36. The third kappa shape index (κ3) is 1.86. The fourth-order valence-electron chi connectivity index (χ4n) is 1.24. The van der Waals surface area contributed by atoms with Crippen molar-refractivity contribution >= 4 is 10.0 Å². The number of hydrogen-bond acceptors (Lipinski definition) is 4. The number of nitrogens with zero attached hydrogens (tertiary/aromatic N) is 1. The number of aromatic nitrogens is 1. The summed E-state index contributed by atoms with van der Waals surface area (Å²) in [5, 5.41) is 0. The highest BCUT2D eigenvalue weighted by Crippen LogP contribution is 2.26. The molecule has 0 spiro atoms. The summed E-state index contributed by atoms with van der Waals surface area (Å²) >= 11 is 0. The highest BCUT2D eigenvalue weighted by Gasteiger charge is 2.24. The SMILES string of the molecule is C/C=C1/CNS(=O)(=O)c2cnccc2O1. The first-order valence-electron chi connectivity index (χ1n) is 4.40. The number of ether oxygens (including phenoxy) is 1. The molecule has 6 heteroatoms. The van der Waals surface area contributed by atoms with E-state index in [9.17, 15) is 8.42 Å². The second-order valence-electron chi connectivity index (χ2n) is 3.00. The highest BCUT2D eigenvalue weighted by atomic mass is 32.2. The summed E-state index contributed by atoms with van der Waals surface area (Å²) in [6.45, 7) is 1.95. The molecule has 80 valence electrons. The van der Waals surface area contributed by atoms with Gasteiger partial charge in [-0.1, -0.05) is 0 Å². The fraction of sp³-hybridized carbons (Fsp3) is 0.222. The van der Waals surface area contributed by atoms with E-state index in [1.165, 1.54) is 18.5 Å². The Morgan fingerprint density at radius 2 is 2.40 bits per heavy atom. The van der Waals surface area contributed by atoms with Crippen LogP contribution in [0.5, 0.6) is 5.75 Å². The van der Waals surface area contributed by atoms with Crippen molar-refractivity contribution in [1.29, 1.82) is 0 Å². The van der Waals surface area contributed by atoms with E-state index in [4.69, 9.17) is 4.74 Å². The van der Waals surface area contributed by atoms with Crippen molar-refractivity contribution in [1.82, 2.24) is 9.71 Å². The standard InChI is InChI=1S/C9H10N2O3S/c1-2-7-5-11-15(12,13)9-6-10-4-3-8(9)14-7/h2-4,6,11H,5H2,1H3/b7-2-. The van der Waals surface area contributed by atoms with Gasteiger partial charge in [0.15, 0.2) is 0 Å². The van der Waals surface area contributed by atoms with Gasteiger partial charge in [0.2, 0.25) is 10.0 Å². The monoisotopic (exact) mass is 226 g/mol. The van der Waals surface area contributed by atoms with E-state index >= 15 is 0 Å². The van der Waals surface area contributed by atoms with Crippen LogP contribution in [0, 0.1) is 0 Å². The van der Waals surface area contributed by atoms with Gasteiger partial charge in [-0.2, -0.15) is 0 Å². The fourth-order valence-corrected chi connectivity index (χ4v) is 2.30. The van der Waals surface area contributed by atoms with Gasteiger partial charge in [0, 0.05) is 12.3 Å². The Hall–Kier alpha value is -1.40. The lowest BCUT2D eigenvalue weighted by Crippen LogP contribution is -2.24. The topological polar surface area (TPSA) is 68.3 Å². The van der Waals surface area contributed by atoms with Crippen LogP contribution in [0.15, 0.2) is 35.2 Å². The minimum absolute atomic E-state index is 0.0712. The molecule has 0 saturated carbocycles. The van der Waals surface area contributed by atoms with Crippen LogP contribution in [0.25, 0.3) is 0 Å². The Morgan fingerprint density at radius 3 is 3.13 bits per heavy atom. The summed E-state index contributed by atoms with van der Waals surface area (Å²) in [6, 6.07) is 1.53. The number of sulfonamides is 1. The molecular formula is C9H10N2O3S. The van der Waals surface area contributed by atoms with E-state index < -0.39 is 10.0 Å². The van der Waals surface area contributed by atoms with Crippen molar-refractivity contribution < 1.29 is 13.2 Å². The Bertz CT molecular complexity index is 508. The molecular weight excluding hydrogens is 216 g/mol. The Kier molecular flexibility index (Phi) is 2.45.